The molecule has 0 aliphatic carbocycles. The van der Waals surface area contributed by atoms with E-state index in [9.17, 15) is 14.7 Å². The molecule has 0 heterocycles. The third-order valence-corrected chi connectivity index (χ3v) is 4.02. The molecule has 130 valence electrons. The molecule has 0 fully saturated rings. The lowest BCUT2D eigenvalue weighted by Gasteiger charge is -2.12. The number of nitrogens with one attached hydrogen (secondary N) is 2. The Morgan fingerprint density at radius 3 is 1.88 bits per heavy atom. The lowest BCUT2D eigenvalue weighted by molar-refractivity contribution is 0.102. The van der Waals surface area contributed by atoms with Crippen LogP contribution < -0.4 is 10.6 Å². The van der Waals surface area contributed by atoms with Gasteiger partial charge in [-0.25, -0.2) is 0 Å². The summed E-state index contributed by atoms with van der Waals surface area (Å²) in [5, 5.41) is 15.6. The predicted molar refractivity (Wildman–Crippen MR) is 102 cm³/mol. The molecule has 6 heteroatoms. The topological polar surface area (TPSA) is 78.4 Å². The summed E-state index contributed by atoms with van der Waals surface area (Å²) < 4.78 is 0. The molecule has 0 radical (unpaired) electrons. The highest BCUT2D eigenvalue weighted by atomic mass is 35.5. The van der Waals surface area contributed by atoms with Crippen LogP contribution in [0, 0.1) is 0 Å². The van der Waals surface area contributed by atoms with E-state index in [2.05, 4.69) is 10.6 Å². The van der Waals surface area contributed by atoms with E-state index in [1.165, 1.54) is 12.1 Å². The molecule has 0 unspecified atom stereocenters. The zero-order chi connectivity index (χ0) is 18.5. The zero-order valence-electron chi connectivity index (χ0n) is 13.6. The third kappa shape index (κ3) is 3.84. The van der Waals surface area contributed by atoms with Crippen LogP contribution in [-0.2, 0) is 0 Å². The highest BCUT2D eigenvalue weighted by Crippen LogP contribution is 2.24. The molecule has 2 amide bonds. The van der Waals surface area contributed by atoms with E-state index in [0.717, 1.165) is 0 Å². The highest BCUT2D eigenvalue weighted by Gasteiger charge is 2.16. The monoisotopic (exact) mass is 366 g/mol. The number of benzene rings is 3. The number of carbonyl (C=O) groups is 2. The zero-order valence-corrected chi connectivity index (χ0v) is 14.3. The average molecular weight is 367 g/mol. The van der Waals surface area contributed by atoms with Crippen LogP contribution in [0.1, 0.15) is 20.7 Å². The van der Waals surface area contributed by atoms with E-state index in [4.69, 9.17) is 11.6 Å². The van der Waals surface area contributed by atoms with Crippen molar-refractivity contribution in [1.29, 1.82) is 0 Å². The summed E-state index contributed by atoms with van der Waals surface area (Å²) in [6.07, 6.45) is 0. The predicted octanol–water partition coefficient (Wildman–Crippen LogP) is 4.55. The van der Waals surface area contributed by atoms with Crippen LogP contribution in [0.2, 0.25) is 5.02 Å². The number of para-hydroxylation sites is 3. The van der Waals surface area contributed by atoms with Crippen molar-refractivity contribution in [3.63, 3.8) is 0 Å². The number of hydrogen-bond acceptors (Lipinski definition) is 3. The van der Waals surface area contributed by atoms with Gasteiger partial charge in [0.25, 0.3) is 11.8 Å². The second-order valence-electron chi connectivity index (χ2n) is 5.45. The second-order valence-corrected chi connectivity index (χ2v) is 5.86. The SMILES string of the molecule is O=C(Nc1ccccc1C(=O)Nc1ccccc1Cl)c1ccccc1O. The minimum atomic E-state index is -0.513. The molecular weight excluding hydrogens is 352 g/mol. The molecule has 0 aliphatic rings. The van der Waals surface area contributed by atoms with Crippen molar-refractivity contribution in [2.75, 3.05) is 10.6 Å². The number of phenols is 1. The van der Waals surface area contributed by atoms with E-state index in [-0.39, 0.29) is 16.9 Å². The fraction of sp³-hybridized carbons (Fsp3) is 0. The van der Waals surface area contributed by atoms with E-state index in [1.807, 2.05) is 0 Å². The van der Waals surface area contributed by atoms with E-state index >= 15 is 0 Å². The normalized spacial score (nSPS) is 10.2. The molecular formula is C20H15ClN2O3. The van der Waals surface area contributed by atoms with Crippen molar-refractivity contribution in [3.05, 3.63) is 88.9 Å². The van der Waals surface area contributed by atoms with Crippen LogP contribution in [-0.4, -0.2) is 16.9 Å². The van der Waals surface area contributed by atoms with Gasteiger partial charge in [-0.3, -0.25) is 9.59 Å². The van der Waals surface area contributed by atoms with Crippen LogP contribution in [0.25, 0.3) is 0 Å². The standard InChI is InChI=1S/C20H15ClN2O3/c21-15-9-3-5-11-17(15)23-19(25)13-7-1-4-10-16(13)22-20(26)14-8-2-6-12-18(14)24/h1-12,24H,(H,22,26)(H,23,25). The molecule has 3 rings (SSSR count). The molecule has 0 atom stereocenters. The molecule has 3 N–H and O–H groups in total. The fourth-order valence-electron chi connectivity index (χ4n) is 2.40. The Bertz CT molecular complexity index is 973. The maximum Gasteiger partial charge on any atom is 0.259 e. The van der Waals surface area contributed by atoms with Gasteiger partial charge in [-0.2, -0.15) is 0 Å². The molecule has 0 saturated carbocycles. The second kappa shape index (κ2) is 7.72. The maximum absolute atomic E-state index is 12.6. The maximum atomic E-state index is 12.6. The number of carbonyl (C=O) groups excluding carboxylic acids is 2. The van der Waals surface area contributed by atoms with Gasteiger partial charge in [0.2, 0.25) is 0 Å². The number of phenolic OH excluding ortho intramolecular Hbond substituents is 1. The van der Waals surface area contributed by atoms with Crippen LogP contribution in [0.3, 0.4) is 0 Å². The van der Waals surface area contributed by atoms with Crippen LogP contribution in [0.15, 0.2) is 72.8 Å². The molecule has 5 nitrogen and oxygen atoms in total. The fourth-order valence-corrected chi connectivity index (χ4v) is 2.58. The first kappa shape index (κ1) is 17.5. The molecule has 0 bridgehead atoms. The van der Waals surface area contributed by atoms with Crippen LogP contribution in [0.5, 0.6) is 5.75 Å². The summed E-state index contributed by atoms with van der Waals surface area (Å²) in [6.45, 7) is 0. The quantitative estimate of drug-likeness (QED) is 0.633. The van der Waals surface area contributed by atoms with Crippen molar-refractivity contribution in [1.82, 2.24) is 0 Å². The smallest absolute Gasteiger partial charge is 0.259 e. The number of aromatic hydroxyl groups is 1. The van der Waals surface area contributed by atoms with Gasteiger partial charge in [-0.05, 0) is 36.4 Å². The lowest BCUT2D eigenvalue weighted by Crippen LogP contribution is -2.18. The van der Waals surface area contributed by atoms with Crippen LogP contribution >= 0.6 is 11.6 Å². The summed E-state index contributed by atoms with van der Waals surface area (Å²) >= 11 is 6.07. The number of rotatable bonds is 4. The molecule has 0 aromatic heterocycles. The van der Waals surface area contributed by atoms with Crippen molar-refractivity contribution in [3.8, 4) is 5.75 Å². The Hall–Kier alpha value is -3.31. The minimum absolute atomic E-state index is 0.119. The number of anilines is 2. The van der Waals surface area contributed by atoms with E-state index < -0.39 is 11.8 Å². The van der Waals surface area contributed by atoms with Gasteiger partial charge < -0.3 is 15.7 Å². The summed E-state index contributed by atoms with van der Waals surface area (Å²) in [5.74, 6) is -1.06. The number of hydrogen-bond donors (Lipinski definition) is 3. The largest absolute Gasteiger partial charge is 0.507 e. The first-order valence-corrected chi connectivity index (χ1v) is 8.18. The molecule has 0 saturated heterocycles. The third-order valence-electron chi connectivity index (χ3n) is 3.69. The summed E-state index contributed by atoms with van der Waals surface area (Å²) in [6, 6.07) is 19.7. The Morgan fingerprint density at radius 1 is 0.692 bits per heavy atom. The summed E-state index contributed by atoms with van der Waals surface area (Å²) in [5.41, 5.74) is 1.19. The van der Waals surface area contributed by atoms with Gasteiger partial charge in [0, 0.05) is 0 Å². The molecule has 0 spiro atoms. The Kier molecular flexibility index (Phi) is 5.20. The van der Waals surface area contributed by atoms with Crippen molar-refractivity contribution in [2.24, 2.45) is 0 Å². The van der Waals surface area contributed by atoms with E-state index in [0.29, 0.717) is 16.4 Å². The Labute approximate surface area is 155 Å². The molecule has 0 aliphatic heterocycles. The van der Waals surface area contributed by atoms with Crippen molar-refractivity contribution in [2.45, 2.75) is 0 Å². The van der Waals surface area contributed by atoms with Gasteiger partial charge in [0.15, 0.2) is 0 Å². The number of amides is 2. The molecule has 3 aromatic rings. The average Bonchev–Trinajstić information content (AvgIpc) is 2.64. The molecule has 26 heavy (non-hydrogen) atoms. The van der Waals surface area contributed by atoms with Gasteiger partial charge >= 0.3 is 0 Å². The highest BCUT2D eigenvalue weighted by molar-refractivity contribution is 6.34. The Morgan fingerprint density at radius 2 is 1.19 bits per heavy atom. The lowest BCUT2D eigenvalue weighted by atomic mass is 10.1. The first-order valence-electron chi connectivity index (χ1n) is 7.80. The van der Waals surface area contributed by atoms with Gasteiger partial charge in [-0.15, -0.1) is 0 Å². The summed E-state index contributed by atoms with van der Waals surface area (Å²) in [7, 11) is 0. The van der Waals surface area contributed by atoms with Crippen LogP contribution in [0.4, 0.5) is 11.4 Å². The first-order chi connectivity index (χ1) is 12.6. The van der Waals surface area contributed by atoms with Gasteiger partial charge in [0.05, 0.1) is 27.5 Å². The van der Waals surface area contributed by atoms with Crippen molar-refractivity contribution < 1.29 is 14.7 Å². The molecule has 3 aromatic carbocycles. The Balaban J connectivity index is 1.84. The van der Waals surface area contributed by atoms with Gasteiger partial charge in [0.1, 0.15) is 5.75 Å². The van der Waals surface area contributed by atoms with Gasteiger partial charge in [-0.1, -0.05) is 48.0 Å². The van der Waals surface area contributed by atoms with E-state index in [1.54, 1.807) is 60.7 Å². The van der Waals surface area contributed by atoms with Crippen molar-refractivity contribution >= 4 is 34.8 Å². The minimum Gasteiger partial charge on any atom is -0.507 e. The number of halogens is 1. The summed E-state index contributed by atoms with van der Waals surface area (Å²) in [4.78, 5) is 25.0.